The number of carbonyl (C=O) groups is 1. The molecule has 1 aromatic heterocycles. The van der Waals surface area contributed by atoms with Gasteiger partial charge in [0.1, 0.15) is 11.2 Å². The molecule has 0 saturated carbocycles. The minimum absolute atomic E-state index is 0.260. The Bertz CT molecular complexity index is 553. The minimum atomic E-state index is -0.964. The fourth-order valence-electron chi connectivity index (χ4n) is 2.42. The molecule has 1 N–H and O–H groups in total. The molecule has 0 aliphatic carbocycles. The van der Waals surface area contributed by atoms with E-state index < -0.39 is 11.2 Å². The van der Waals surface area contributed by atoms with Gasteiger partial charge in [-0.2, -0.15) is 0 Å². The monoisotopic (exact) mass is 321 g/mol. The maximum Gasteiger partial charge on any atom is 0.410 e. The first-order chi connectivity index (χ1) is 10.6. The molecule has 128 valence electrons. The van der Waals surface area contributed by atoms with E-state index in [1.54, 1.807) is 24.9 Å². The molecule has 0 aromatic carbocycles. The van der Waals surface area contributed by atoms with Crippen molar-refractivity contribution in [3.63, 3.8) is 0 Å². The molecular formula is C17H27N3O3. The van der Waals surface area contributed by atoms with E-state index in [9.17, 15) is 9.90 Å². The van der Waals surface area contributed by atoms with Gasteiger partial charge >= 0.3 is 6.09 Å². The number of ether oxygens (including phenoxy) is 1. The Morgan fingerprint density at radius 2 is 1.78 bits per heavy atom. The Morgan fingerprint density at radius 3 is 2.30 bits per heavy atom. The summed E-state index contributed by atoms with van der Waals surface area (Å²) in [6.45, 7) is 11.8. The van der Waals surface area contributed by atoms with Gasteiger partial charge in [0.15, 0.2) is 0 Å². The van der Waals surface area contributed by atoms with E-state index in [1.807, 2.05) is 32.9 Å². The van der Waals surface area contributed by atoms with Crippen LogP contribution in [0.25, 0.3) is 0 Å². The summed E-state index contributed by atoms with van der Waals surface area (Å²) >= 11 is 0. The predicted molar refractivity (Wildman–Crippen MR) is 89.5 cm³/mol. The van der Waals surface area contributed by atoms with E-state index in [-0.39, 0.29) is 6.09 Å². The van der Waals surface area contributed by atoms with Crippen LogP contribution in [-0.2, 0) is 10.3 Å². The highest BCUT2D eigenvalue weighted by molar-refractivity contribution is 5.68. The topological polar surface area (TPSA) is 65.9 Å². The Balaban J connectivity index is 1.98. The summed E-state index contributed by atoms with van der Waals surface area (Å²) in [5.41, 5.74) is 0.223. The van der Waals surface area contributed by atoms with Crippen molar-refractivity contribution in [1.29, 1.82) is 0 Å². The number of aromatic nitrogens is 1. The Morgan fingerprint density at radius 1 is 1.17 bits per heavy atom. The molecule has 2 heterocycles. The number of pyridine rings is 1. The molecule has 0 unspecified atom stereocenters. The number of hydrogen-bond acceptors (Lipinski definition) is 5. The lowest BCUT2D eigenvalue weighted by molar-refractivity contribution is 0.0240. The van der Waals surface area contributed by atoms with Crippen LogP contribution in [0.2, 0.25) is 0 Å². The van der Waals surface area contributed by atoms with Gasteiger partial charge in [-0.3, -0.25) is 4.98 Å². The Kier molecular flexibility index (Phi) is 4.84. The summed E-state index contributed by atoms with van der Waals surface area (Å²) in [5.74, 6) is 0. The fraction of sp³-hybridized carbons (Fsp3) is 0.647. The highest BCUT2D eigenvalue weighted by Gasteiger charge is 2.26. The van der Waals surface area contributed by atoms with Crippen molar-refractivity contribution in [2.45, 2.75) is 45.8 Å². The molecule has 0 atom stereocenters. The molecule has 0 spiro atoms. The van der Waals surface area contributed by atoms with Gasteiger partial charge < -0.3 is 19.6 Å². The molecule has 6 nitrogen and oxygen atoms in total. The largest absolute Gasteiger partial charge is 0.444 e. The number of anilines is 1. The summed E-state index contributed by atoms with van der Waals surface area (Å²) < 4.78 is 5.41. The highest BCUT2D eigenvalue weighted by Crippen LogP contribution is 2.23. The number of carbonyl (C=O) groups excluding carboxylic acids is 1. The van der Waals surface area contributed by atoms with Crippen LogP contribution in [-0.4, -0.2) is 52.9 Å². The van der Waals surface area contributed by atoms with Crippen LogP contribution in [0.1, 0.15) is 40.3 Å². The lowest BCUT2D eigenvalue weighted by Gasteiger charge is -2.37. The van der Waals surface area contributed by atoms with Crippen LogP contribution >= 0.6 is 0 Å². The van der Waals surface area contributed by atoms with Gasteiger partial charge in [0.25, 0.3) is 0 Å². The van der Waals surface area contributed by atoms with Crippen LogP contribution in [0.15, 0.2) is 18.3 Å². The first-order valence-corrected chi connectivity index (χ1v) is 7.98. The Hall–Kier alpha value is -1.82. The first-order valence-electron chi connectivity index (χ1n) is 7.98. The minimum Gasteiger partial charge on any atom is -0.444 e. The molecular weight excluding hydrogens is 294 g/mol. The van der Waals surface area contributed by atoms with Gasteiger partial charge in [-0.15, -0.1) is 0 Å². The van der Waals surface area contributed by atoms with Gasteiger partial charge in [-0.05, 0) is 46.8 Å². The quantitative estimate of drug-likeness (QED) is 0.906. The summed E-state index contributed by atoms with van der Waals surface area (Å²) in [6, 6.07) is 3.83. The third kappa shape index (κ3) is 4.82. The van der Waals surface area contributed by atoms with Crippen molar-refractivity contribution < 1.29 is 14.6 Å². The summed E-state index contributed by atoms with van der Waals surface area (Å²) in [7, 11) is 0. The van der Waals surface area contributed by atoms with E-state index in [1.165, 1.54) is 0 Å². The van der Waals surface area contributed by atoms with E-state index in [0.29, 0.717) is 18.8 Å². The van der Waals surface area contributed by atoms with Crippen LogP contribution in [0.5, 0.6) is 0 Å². The molecule has 1 aromatic rings. The molecule has 6 heteroatoms. The molecule has 0 radical (unpaired) electrons. The van der Waals surface area contributed by atoms with Crippen molar-refractivity contribution in [3.05, 3.63) is 24.0 Å². The smallest absolute Gasteiger partial charge is 0.410 e. The molecule has 0 bridgehead atoms. The number of nitrogens with zero attached hydrogens (tertiary/aromatic N) is 3. The first kappa shape index (κ1) is 17.5. The summed E-state index contributed by atoms with van der Waals surface area (Å²) in [6.07, 6.45) is 1.45. The molecule has 1 fully saturated rings. The summed E-state index contributed by atoms with van der Waals surface area (Å²) in [5, 5.41) is 10.1. The Labute approximate surface area is 138 Å². The zero-order valence-electron chi connectivity index (χ0n) is 14.7. The maximum absolute atomic E-state index is 12.1. The molecule has 1 aliphatic rings. The van der Waals surface area contributed by atoms with E-state index >= 15 is 0 Å². The number of piperazine rings is 1. The normalized spacial score (nSPS) is 16.4. The maximum atomic E-state index is 12.1. The van der Waals surface area contributed by atoms with Crippen molar-refractivity contribution in [3.8, 4) is 0 Å². The van der Waals surface area contributed by atoms with E-state index in [4.69, 9.17) is 4.74 Å². The van der Waals surface area contributed by atoms with Crippen molar-refractivity contribution >= 4 is 11.8 Å². The zero-order chi connectivity index (χ0) is 17.3. The zero-order valence-corrected chi connectivity index (χ0v) is 14.7. The number of rotatable bonds is 2. The van der Waals surface area contributed by atoms with Gasteiger partial charge in [-0.1, -0.05) is 0 Å². The average Bonchev–Trinajstić information content (AvgIpc) is 2.45. The van der Waals surface area contributed by atoms with Gasteiger partial charge in [0.05, 0.1) is 5.69 Å². The number of amides is 1. The van der Waals surface area contributed by atoms with E-state index in [2.05, 4.69) is 9.88 Å². The third-order valence-electron chi connectivity index (χ3n) is 3.67. The van der Waals surface area contributed by atoms with E-state index in [0.717, 1.165) is 18.8 Å². The third-order valence-corrected chi connectivity index (χ3v) is 3.67. The van der Waals surface area contributed by atoms with Gasteiger partial charge in [0, 0.05) is 38.1 Å². The van der Waals surface area contributed by atoms with Crippen molar-refractivity contribution in [2.24, 2.45) is 0 Å². The van der Waals surface area contributed by atoms with Crippen molar-refractivity contribution in [2.75, 3.05) is 31.1 Å². The average molecular weight is 321 g/mol. The second-order valence-electron chi connectivity index (χ2n) is 7.41. The molecule has 1 saturated heterocycles. The molecule has 1 aliphatic heterocycles. The number of aliphatic hydroxyl groups is 1. The van der Waals surface area contributed by atoms with Crippen LogP contribution < -0.4 is 4.90 Å². The van der Waals surface area contributed by atoms with Gasteiger partial charge in [-0.25, -0.2) is 4.79 Å². The highest BCUT2D eigenvalue weighted by atomic mass is 16.6. The molecule has 2 rings (SSSR count). The van der Waals surface area contributed by atoms with Gasteiger partial charge in [0.2, 0.25) is 0 Å². The van der Waals surface area contributed by atoms with Crippen LogP contribution in [0.4, 0.5) is 10.5 Å². The fourth-order valence-corrected chi connectivity index (χ4v) is 2.42. The number of hydrogen-bond donors (Lipinski definition) is 1. The van der Waals surface area contributed by atoms with Crippen molar-refractivity contribution in [1.82, 2.24) is 9.88 Å². The van der Waals surface area contributed by atoms with Crippen LogP contribution in [0.3, 0.4) is 0 Å². The lowest BCUT2D eigenvalue weighted by Crippen LogP contribution is -2.50. The summed E-state index contributed by atoms with van der Waals surface area (Å²) in [4.78, 5) is 20.2. The second kappa shape index (κ2) is 6.35. The predicted octanol–water partition coefficient (Wildman–Crippen LogP) is 2.37. The SMILES string of the molecule is CC(C)(C)OC(=O)N1CCN(c2ccnc(C(C)(C)O)c2)CC1. The standard InChI is InChI=1S/C17H27N3O3/c1-16(2,3)23-15(21)20-10-8-19(9-11-20)13-6-7-18-14(12-13)17(4,5)22/h6-7,12,22H,8-11H2,1-5H3. The second-order valence-corrected chi connectivity index (χ2v) is 7.41. The molecule has 1 amide bonds. The molecule has 23 heavy (non-hydrogen) atoms. The van der Waals surface area contributed by atoms with Crippen LogP contribution in [0, 0.1) is 0 Å². The lowest BCUT2D eigenvalue weighted by atomic mass is 10.0.